The van der Waals surface area contributed by atoms with E-state index in [-0.39, 0.29) is 11.9 Å². The van der Waals surface area contributed by atoms with Crippen LogP contribution in [0.15, 0.2) is 24.3 Å². The molecule has 0 fully saturated rings. The molecule has 0 radical (unpaired) electrons. The molecule has 0 aliphatic rings. The fourth-order valence-corrected chi connectivity index (χ4v) is 1.57. The van der Waals surface area contributed by atoms with E-state index in [2.05, 4.69) is 0 Å². The second kappa shape index (κ2) is 6.40. The zero-order chi connectivity index (χ0) is 12.8. The Kier molecular flexibility index (Phi) is 5.16. The maximum absolute atomic E-state index is 12.1. The van der Waals surface area contributed by atoms with Crippen molar-refractivity contribution < 1.29 is 14.3 Å². The molecule has 94 valence electrons. The standard InChI is InChI=1S/C14H20O3/c1-5-16-11(4)14(15)12-8-6-7-9-13(12)17-10(2)3/h6-11H,5H2,1-4H3. The normalized spacial score (nSPS) is 12.5. The highest BCUT2D eigenvalue weighted by Gasteiger charge is 2.19. The van der Waals surface area contributed by atoms with Crippen molar-refractivity contribution >= 4 is 5.78 Å². The molecule has 17 heavy (non-hydrogen) atoms. The number of hydrogen-bond donors (Lipinski definition) is 0. The third kappa shape index (κ3) is 3.86. The van der Waals surface area contributed by atoms with Crippen LogP contribution in [0.25, 0.3) is 0 Å². The van der Waals surface area contributed by atoms with E-state index in [1.807, 2.05) is 39.0 Å². The van der Waals surface area contributed by atoms with Crippen LogP contribution in [0.5, 0.6) is 5.75 Å². The molecule has 0 saturated carbocycles. The number of benzene rings is 1. The molecule has 0 amide bonds. The van der Waals surface area contributed by atoms with E-state index in [1.165, 1.54) is 0 Å². The van der Waals surface area contributed by atoms with Crippen LogP contribution in [-0.4, -0.2) is 24.6 Å². The molecular formula is C14H20O3. The van der Waals surface area contributed by atoms with Crippen LogP contribution >= 0.6 is 0 Å². The Labute approximate surface area is 103 Å². The van der Waals surface area contributed by atoms with Gasteiger partial charge in [-0.25, -0.2) is 0 Å². The third-order valence-electron chi connectivity index (χ3n) is 2.30. The molecule has 0 bridgehead atoms. The minimum absolute atomic E-state index is 0.0388. The van der Waals surface area contributed by atoms with E-state index in [1.54, 1.807) is 13.0 Å². The van der Waals surface area contributed by atoms with E-state index in [4.69, 9.17) is 9.47 Å². The maximum Gasteiger partial charge on any atom is 0.194 e. The third-order valence-corrected chi connectivity index (χ3v) is 2.30. The molecule has 0 aromatic heterocycles. The number of rotatable bonds is 6. The highest BCUT2D eigenvalue weighted by atomic mass is 16.5. The Bertz CT molecular complexity index is 371. The molecule has 0 aliphatic heterocycles. The first-order valence-electron chi connectivity index (χ1n) is 5.97. The van der Waals surface area contributed by atoms with E-state index < -0.39 is 6.10 Å². The largest absolute Gasteiger partial charge is 0.490 e. The molecule has 0 spiro atoms. The lowest BCUT2D eigenvalue weighted by molar-refractivity contribution is 0.0516. The lowest BCUT2D eigenvalue weighted by atomic mass is 10.1. The van der Waals surface area contributed by atoms with Crippen molar-refractivity contribution in [2.45, 2.75) is 39.9 Å². The van der Waals surface area contributed by atoms with Gasteiger partial charge in [0.1, 0.15) is 11.9 Å². The highest BCUT2D eigenvalue weighted by molar-refractivity contribution is 6.01. The summed E-state index contributed by atoms with van der Waals surface area (Å²) in [6.07, 6.45) is -0.386. The fraction of sp³-hybridized carbons (Fsp3) is 0.500. The first-order valence-corrected chi connectivity index (χ1v) is 5.97. The number of para-hydroxylation sites is 1. The molecule has 0 saturated heterocycles. The number of carbonyl (C=O) groups is 1. The van der Waals surface area contributed by atoms with Gasteiger partial charge in [-0.05, 0) is 39.8 Å². The van der Waals surface area contributed by atoms with Gasteiger partial charge in [0.15, 0.2) is 5.78 Å². The van der Waals surface area contributed by atoms with Crippen LogP contribution < -0.4 is 4.74 Å². The molecule has 0 N–H and O–H groups in total. The Morgan fingerprint density at radius 3 is 2.47 bits per heavy atom. The van der Waals surface area contributed by atoms with Gasteiger partial charge in [0, 0.05) is 6.61 Å². The Morgan fingerprint density at radius 1 is 1.24 bits per heavy atom. The van der Waals surface area contributed by atoms with Gasteiger partial charge in [-0.2, -0.15) is 0 Å². The van der Waals surface area contributed by atoms with Crippen molar-refractivity contribution in [3.63, 3.8) is 0 Å². The fourth-order valence-electron chi connectivity index (χ4n) is 1.57. The van der Waals surface area contributed by atoms with Crippen molar-refractivity contribution in [2.75, 3.05) is 6.61 Å². The van der Waals surface area contributed by atoms with Crippen molar-refractivity contribution in [3.8, 4) is 5.75 Å². The molecule has 1 atom stereocenters. The first-order chi connectivity index (χ1) is 8.06. The highest BCUT2D eigenvalue weighted by Crippen LogP contribution is 2.21. The lowest BCUT2D eigenvalue weighted by Gasteiger charge is -2.16. The van der Waals surface area contributed by atoms with Crippen LogP contribution in [0.4, 0.5) is 0 Å². The van der Waals surface area contributed by atoms with Crippen LogP contribution in [0, 0.1) is 0 Å². The Balaban J connectivity index is 2.92. The zero-order valence-electron chi connectivity index (χ0n) is 10.9. The monoisotopic (exact) mass is 236 g/mol. The summed E-state index contributed by atoms with van der Waals surface area (Å²) in [7, 11) is 0. The van der Waals surface area contributed by atoms with Gasteiger partial charge < -0.3 is 9.47 Å². The number of hydrogen-bond acceptors (Lipinski definition) is 3. The minimum atomic E-state index is -0.433. The van der Waals surface area contributed by atoms with Gasteiger partial charge in [0.2, 0.25) is 0 Å². The number of ketones is 1. The number of carbonyl (C=O) groups excluding carboxylic acids is 1. The van der Waals surface area contributed by atoms with E-state index in [0.29, 0.717) is 17.9 Å². The van der Waals surface area contributed by atoms with Gasteiger partial charge in [-0.3, -0.25) is 4.79 Å². The van der Waals surface area contributed by atoms with E-state index in [0.717, 1.165) is 0 Å². The molecule has 1 aromatic rings. The Hall–Kier alpha value is -1.35. The zero-order valence-corrected chi connectivity index (χ0v) is 10.9. The second-order valence-electron chi connectivity index (χ2n) is 4.12. The Morgan fingerprint density at radius 2 is 1.88 bits per heavy atom. The van der Waals surface area contributed by atoms with Crippen LogP contribution in [0.1, 0.15) is 38.1 Å². The van der Waals surface area contributed by atoms with Crippen molar-refractivity contribution in [2.24, 2.45) is 0 Å². The lowest BCUT2D eigenvalue weighted by Crippen LogP contribution is -2.22. The van der Waals surface area contributed by atoms with E-state index in [9.17, 15) is 4.79 Å². The minimum Gasteiger partial charge on any atom is -0.490 e. The van der Waals surface area contributed by atoms with E-state index >= 15 is 0 Å². The van der Waals surface area contributed by atoms with Crippen LogP contribution in [0.3, 0.4) is 0 Å². The molecule has 1 rings (SSSR count). The average Bonchev–Trinajstić information content (AvgIpc) is 2.28. The van der Waals surface area contributed by atoms with Crippen molar-refractivity contribution in [3.05, 3.63) is 29.8 Å². The molecule has 1 aromatic carbocycles. The predicted molar refractivity (Wildman–Crippen MR) is 67.6 cm³/mol. The van der Waals surface area contributed by atoms with Gasteiger partial charge >= 0.3 is 0 Å². The maximum atomic E-state index is 12.1. The number of Topliss-reactive ketones (excluding diaryl/α,β-unsaturated/α-hetero) is 1. The summed E-state index contributed by atoms with van der Waals surface area (Å²) in [6.45, 7) is 8.04. The summed E-state index contributed by atoms with van der Waals surface area (Å²) in [5, 5.41) is 0. The summed E-state index contributed by atoms with van der Waals surface area (Å²) >= 11 is 0. The van der Waals surface area contributed by atoms with Crippen molar-refractivity contribution in [1.82, 2.24) is 0 Å². The summed E-state index contributed by atoms with van der Waals surface area (Å²) in [5.74, 6) is 0.585. The molecule has 0 aliphatic carbocycles. The molecule has 3 nitrogen and oxygen atoms in total. The van der Waals surface area contributed by atoms with Gasteiger partial charge in [-0.1, -0.05) is 12.1 Å². The van der Waals surface area contributed by atoms with Gasteiger partial charge in [0.25, 0.3) is 0 Å². The summed E-state index contributed by atoms with van der Waals surface area (Å²) in [6, 6.07) is 7.28. The summed E-state index contributed by atoms with van der Waals surface area (Å²) in [5.41, 5.74) is 0.585. The molecule has 3 heteroatoms. The predicted octanol–water partition coefficient (Wildman–Crippen LogP) is 3.08. The SMILES string of the molecule is CCOC(C)C(=O)c1ccccc1OC(C)C. The topological polar surface area (TPSA) is 35.5 Å². The van der Waals surface area contributed by atoms with Gasteiger partial charge in [-0.15, -0.1) is 0 Å². The quantitative estimate of drug-likeness (QED) is 0.712. The first kappa shape index (κ1) is 13.7. The average molecular weight is 236 g/mol. The molecule has 1 unspecified atom stereocenters. The second-order valence-corrected chi connectivity index (χ2v) is 4.12. The van der Waals surface area contributed by atoms with Crippen molar-refractivity contribution in [1.29, 1.82) is 0 Å². The van der Waals surface area contributed by atoms with Crippen LogP contribution in [-0.2, 0) is 4.74 Å². The number of ether oxygens (including phenoxy) is 2. The molecular weight excluding hydrogens is 216 g/mol. The molecule has 0 heterocycles. The van der Waals surface area contributed by atoms with Gasteiger partial charge in [0.05, 0.1) is 11.7 Å². The van der Waals surface area contributed by atoms with Crippen LogP contribution in [0.2, 0.25) is 0 Å². The smallest absolute Gasteiger partial charge is 0.194 e. The summed E-state index contributed by atoms with van der Waals surface area (Å²) < 4.78 is 10.9. The summed E-state index contributed by atoms with van der Waals surface area (Å²) in [4.78, 5) is 12.1.